The predicted molar refractivity (Wildman–Crippen MR) is 95.3 cm³/mol. The second-order valence-electron chi connectivity index (χ2n) is 7.42. The van der Waals surface area contributed by atoms with E-state index in [9.17, 15) is 19.2 Å². The summed E-state index contributed by atoms with van der Waals surface area (Å²) in [6, 6.07) is -1.87. The zero-order chi connectivity index (χ0) is 20.5. The molecule has 10 nitrogen and oxygen atoms in total. The van der Waals surface area contributed by atoms with Crippen LogP contribution in [-0.4, -0.2) is 41.5 Å². The third-order valence-corrected chi connectivity index (χ3v) is 3.06. The van der Waals surface area contributed by atoms with Gasteiger partial charge in [-0.05, 0) is 39.5 Å². The molecule has 7 N–H and O–H groups in total. The molecule has 0 radical (unpaired) electrons. The topological polar surface area (TPSA) is 166 Å². The Labute approximate surface area is 153 Å². The van der Waals surface area contributed by atoms with Gasteiger partial charge in [-0.1, -0.05) is 13.8 Å². The molecule has 4 amide bonds. The fourth-order valence-electron chi connectivity index (χ4n) is 1.95. The molecule has 0 fully saturated rings. The molecule has 0 saturated heterocycles. The number of hydrazine groups is 1. The van der Waals surface area contributed by atoms with E-state index in [-0.39, 0.29) is 18.8 Å². The number of nitrogens with one attached hydrogen (secondary N) is 3. The number of nitrogens with two attached hydrogens (primary N) is 2. The zero-order valence-electron chi connectivity index (χ0n) is 16.0. The normalized spacial score (nSPS) is 13.5. The molecule has 0 aromatic heterocycles. The fraction of sp³-hybridized carbons (Fsp3) is 0.750. The Morgan fingerprint density at radius 1 is 1.04 bits per heavy atom. The Morgan fingerprint density at radius 3 is 2.08 bits per heavy atom. The first-order chi connectivity index (χ1) is 11.8. The molecule has 26 heavy (non-hydrogen) atoms. The van der Waals surface area contributed by atoms with Gasteiger partial charge in [0.15, 0.2) is 0 Å². The van der Waals surface area contributed by atoms with Crippen molar-refractivity contribution in [3.05, 3.63) is 0 Å². The molecule has 0 aliphatic carbocycles. The summed E-state index contributed by atoms with van der Waals surface area (Å²) < 4.78 is 4.98. The van der Waals surface area contributed by atoms with Crippen LogP contribution in [0.15, 0.2) is 0 Å². The van der Waals surface area contributed by atoms with E-state index in [0.717, 1.165) is 0 Å². The Balaban J connectivity index is 4.79. The zero-order valence-corrected chi connectivity index (χ0v) is 16.0. The molecule has 0 spiro atoms. The summed E-state index contributed by atoms with van der Waals surface area (Å²) in [5.41, 5.74) is 14.4. The highest BCUT2D eigenvalue weighted by Crippen LogP contribution is 2.06. The maximum atomic E-state index is 12.2. The minimum atomic E-state index is -1.08. The van der Waals surface area contributed by atoms with Crippen LogP contribution in [0.2, 0.25) is 0 Å². The average Bonchev–Trinajstić information content (AvgIpc) is 2.46. The number of rotatable bonds is 8. The maximum absolute atomic E-state index is 12.2. The van der Waals surface area contributed by atoms with Crippen LogP contribution in [0.5, 0.6) is 0 Å². The van der Waals surface area contributed by atoms with Gasteiger partial charge in [-0.25, -0.2) is 10.2 Å². The fourth-order valence-corrected chi connectivity index (χ4v) is 1.95. The van der Waals surface area contributed by atoms with Crippen LogP contribution in [0, 0.1) is 5.92 Å². The molecule has 150 valence electrons. The lowest BCUT2D eigenvalue weighted by Crippen LogP contribution is -2.55. The quantitative estimate of drug-likeness (QED) is 0.365. The van der Waals surface area contributed by atoms with Gasteiger partial charge in [0, 0.05) is 6.42 Å². The van der Waals surface area contributed by atoms with Gasteiger partial charge in [0.25, 0.3) is 5.91 Å². The van der Waals surface area contributed by atoms with Gasteiger partial charge in [0.1, 0.15) is 11.6 Å². The molecule has 0 saturated carbocycles. The number of primary amides is 1. The Kier molecular flexibility index (Phi) is 9.63. The van der Waals surface area contributed by atoms with Gasteiger partial charge < -0.3 is 21.5 Å². The summed E-state index contributed by atoms with van der Waals surface area (Å²) in [4.78, 5) is 46.9. The standard InChI is InChI=1S/C16H31N5O5/c1-9(2)8-10(17)13(23)19-11(6-7-12(18)22)14(24)20-21-15(25)26-16(3,4)5/h9-11H,6-8,17H2,1-5H3,(H2,18,22)(H,19,23)(H,20,24)(H,21,25)/t10-,11-/m0/s1. The van der Waals surface area contributed by atoms with Crippen LogP contribution in [0.1, 0.15) is 53.9 Å². The Hall–Kier alpha value is -2.36. The average molecular weight is 373 g/mol. The number of ether oxygens (including phenoxy) is 1. The van der Waals surface area contributed by atoms with Gasteiger partial charge in [-0.2, -0.15) is 0 Å². The highest BCUT2D eigenvalue weighted by Gasteiger charge is 2.25. The molecule has 0 aliphatic heterocycles. The Morgan fingerprint density at radius 2 is 1.62 bits per heavy atom. The van der Waals surface area contributed by atoms with Crippen molar-refractivity contribution >= 4 is 23.8 Å². The molecule has 10 heteroatoms. The van der Waals surface area contributed by atoms with Crippen LogP contribution in [0.4, 0.5) is 4.79 Å². The molecule has 2 atom stereocenters. The number of hydrogen-bond acceptors (Lipinski definition) is 6. The highest BCUT2D eigenvalue weighted by molar-refractivity contribution is 5.90. The van der Waals surface area contributed by atoms with Crippen molar-refractivity contribution in [2.45, 2.75) is 71.6 Å². The van der Waals surface area contributed by atoms with Gasteiger partial charge in [-0.15, -0.1) is 0 Å². The van der Waals surface area contributed by atoms with Gasteiger partial charge in [0.05, 0.1) is 6.04 Å². The molecule has 0 aromatic carbocycles. The van der Waals surface area contributed by atoms with Crippen LogP contribution in [0.3, 0.4) is 0 Å². The monoisotopic (exact) mass is 373 g/mol. The number of amides is 4. The van der Waals surface area contributed by atoms with Crippen molar-refractivity contribution in [2.24, 2.45) is 17.4 Å². The maximum Gasteiger partial charge on any atom is 0.426 e. The molecule has 0 heterocycles. The minimum absolute atomic E-state index is 0.0305. The van der Waals surface area contributed by atoms with Crippen LogP contribution < -0.4 is 27.6 Å². The molecule has 0 rings (SSSR count). The second kappa shape index (κ2) is 10.6. The van der Waals surface area contributed by atoms with Crippen LogP contribution in [0.25, 0.3) is 0 Å². The first-order valence-electron chi connectivity index (χ1n) is 8.45. The van der Waals surface area contributed by atoms with E-state index in [1.54, 1.807) is 20.8 Å². The smallest absolute Gasteiger partial charge is 0.426 e. The summed E-state index contributed by atoms with van der Waals surface area (Å²) in [5, 5.41) is 2.47. The first kappa shape index (κ1) is 23.6. The van der Waals surface area contributed by atoms with E-state index in [4.69, 9.17) is 16.2 Å². The summed E-state index contributed by atoms with van der Waals surface area (Å²) in [6.45, 7) is 8.82. The SMILES string of the molecule is CC(C)C[C@H](N)C(=O)N[C@@H](CCC(N)=O)C(=O)NNC(=O)OC(C)(C)C. The van der Waals surface area contributed by atoms with Crippen LogP contribution >= 0.6 is 0 Å². The third kappa shape index (κ3) is 11.2. The van der Waals surface area contributed by atoms with Crippen molar-refractivity contribution in [3.8, 4) is 0 Å². The highest BCUT2D eigenvalue weighted by atomic mass is 16.6. The van der Waals surface area contributed by atoms with E-state index < -0.39 is 41.5 Å². The van der Waals surface area contributed by atoms with Gasteiger partial charge in [-0.3, -0.25) is 19.8 Å². The lowest BCUT2D eigenvalue weighted by molar-refractivity contribution is -0.130. The molecule has 0 aromatic rings. The molecular weight excluding hydrogens is 342 g/mol. The molecule has 0 bridgehead atoms. The van der Waals surface area contributed by atoms with Crippen molar-refractivity contribution in [1.29, 1.82) is 0 Å². The van der Waals surface area contributed by atoms with Crippen molar-refractivity contribution in [3.63, 3.8) is 0 Å². The van der Waals surface area contributed by atoms with Gasteiger partial charge >= 0.3 is 6.09 Å². The first-order valence-corrected chi connectivity index (χ1v) is 8.45. The molecule has 0 unspecified atom stereocenters. The van der Waals surface area contributed by atoms with E-state index in [1.807, 2.05) is 13.8 Å². The van der Waals surface area contributed by atoms with Crippen molar-refractivity contribution in [1.82, 2.24) is 16.2 Å². The number of hydrogen-bond donors (Lipinski definition) is 5. The summed E-state index contributed by atoms with van der Waals surface area (Å²) >= 11 is 0. The van der Waals surface area contributed by atoms with Crippen molar-refractivity contribution < 1.29 is 23.9 Å². The molecule has 0 aliphatic rings. The lowest BCUT2D eigenvalue weighted by Gasteiger charge is -2.22. The minimum Gasteiger partial charge on any atom is -0.443 e. The summed E-state index contributed by atoms with van der Waals surface area (Å²) in [5.74, 6) is -1.67. The van der Waals surface area contributed by atoms with E-state index >= 15 is 0 Å². The predicted octanol–water partition coefficient (Wildman–Crippen LogP) is -0.334. The Bertz CT molecular complexity index is 516. The number of carbonyl (C=O) groups is 4. The number of carbonyl (C=O) groups excluding carboxylic acids is 4. The van der Waals surface area contributed by atoms with Crippen LogP contribution in [-0.2, 0) is 19.1 Å². The largest absolute Gasteiger partial charge is 0.443 e. The van der Waals surface area contributed by atoms with E-state index in [0.29, 0.717) is 6.42 Å². The second-order valence-corrected chi connectivity index (χ2v) is 7.42. The lowest BCUT2D eigenvalue weighted by atomic mass is 10.0. The summed E-state index contributed by atoms with van der Waals surface area (Å²) in [6.07, 6.45) is -0.574. The van der Waals surface area contributed by atoms with E-state index in [2.05, 4.69) is 16.2 Å². The summed E-state index contributed by atoms with van der Waals surface area (Å²) in [7, 11) is 0. The van der Waals surface area contributed by atoms with Crippen molar-refractivity contribution in [2.75, 3.05) is 0 Å². The van der Waals surface area contributed by atoms with E-state index in [1.165, 1.54) is 0 Å². The molecular formula is C16H31N5O5. The third-order valence-electron chi connectivity index (χ3n) is 3.06. The van der Waals surface area contributed by atoms with Gasteiger partial charge in [0.2, 0.25) is 11.8 Å².